The molecule has 0 atom stereocenters. The van der Waals surface area contributed by atoms with E-state index in [0.29, 0.717) is 5.82 Å². The van der Waals surface area contributed by atoms with Crippen molar-refractivity contribution in [2.24, 2.45) is 5.92 Å². The molecule has 1 aromatic heterocycles. The van der Waals surface area contributed by atoms with Gasteiger partial charge in [-0.15, -0.1) is 10.2 Å². The van der Waals surface area contributed by atoms with Crippen LogP contribution in [-0.2, 0) is 19.6 Å². The highest BCUT2D eigenvalue weighted by Crippen LogP contribution is 2.32. The number of aliphatic hydroxyl groups is 1. The number of rotatable bonds is 5. The summed E-state index contributed by atoms with van der Waals surface area (Å²) >= 11 is 0. The Hall–Kier alpha value is -0.900. The molecular formula is C10H17N3O. The SMILES string of the molecule is CCCn1c(CO)nnc1CC1CC1. The summed E-state index contributed by atoms with van der Waals surface area (Å²) in [6.45, 7) is 3.05. The van der Waals surface area contributed by atoms with Crippen LogP contribution in [0.1, 0.15) is 37.8 Å². The van der Waals surface area contributed by atoms with Crippen molar-refractivity contribution < 1.29 is 5.11 Å². The smallest absolute Gasteiger partial charge is 0.158 e. The zero-order valence-electron chi connectivity index (χ0n) is 8.61. The minimum Gasteiger partial charge on any atom is -0.388 e. The Balaban J connectivity index is 2.14. The van der Waals surface area contributed by atoms with Gasteiger partial charge in [-0.2, -0.15) is 0 Å². The van der Waals surface area contributed by atoms with Gasteiger partial charge < -0.3 is 9.67 Å². The van der Waals surface area contributed by atoms with E-state index >= 15 is 0 Å². The fourth-order valence-corrected chi connectivity index (χ4v) is 1.70. The second-order valence-electron chi connectivity index (χ2n) is 3.99. The molecule has 78 valence electrons. The first-order chi connectivity index (χ1) is 6.85. The Kier molecular flexibility index (Phi) is 2.82. The molecule has 4 nitrogen and oxygen atoms in total. The van der Waals surface area contributed by atoms with Crippen LogP contribution in [0, 0.1) is 5.92 Å². The van der Waals surface area contributed by atoms with Crippen molar-refractivity contribution in [1.82, 2.24) is 14.8 Å². The molecule has 1 fully saturated rings. The van der Waals surface area contributed by atoms with Crippen LogP contribution in [0.2, 0.25) is 0 Å². The molecule has 14 heavy (non-hydrogen) atoms. The van der Waals surface area contributed by atoms with Crippen LogP contribution < -0.4 is 0 Å². The number of aromatic nitrogens is 3. The van der Waals surface area contributed by atoms with E-state index in [1.807, 2.05) is 0 Å². The maximum atomic E-state index is 9.08. The average molecular weight is 195 g/mol. The van der Waals surface area contributed by atoms with Crippen molar-refractivity contribution in [3.8, 4) is 0 Å². The number of hydrogen-bond donors (Lipinski definition) is 1. The van der Waals surface area contributed by atoms with E-state index in [0.717, 1.165) is 31.1 Å². The molecule has 0 bridgehead atoms. The van der Waals surface area contributed by atoms with E-state index in [1.165, 1.54) is 12.8 Å². The van der Waals surface area contributed by atoms with Gasteiger partial charge in [0.15, 0.2) is 5.82 Å². The van der Waals surface area contributed by atoms with Gasteiger partial charge in [-0.25, -0.2) is 0 Å². The fraction of sp³-hybridized carbons (Fsp3) is 0.800. The molecule has 0 radical (unpaired) electrons. The van der Waals surface area contributed by atoms with Crippen molar-refractivity contribution in [1.29, 1.82) is 0 Å². The van der Waals surface area contributed by atoms with Crippen molar-refractivity contribution in [2.75, 3.05) is 0 Å². The van der Waals surface area contributed by atoms with Gasteiger partial charge in [-0.1, -0.05) is 6.92 Å². The monoisotopic (exact) mass is 195 g/mol. The van der Waals surface area contributed by atoms with Crippen LogP contribution in [0.25, 0.3) is 0 Å². The molecule has 1 N–H and O–H groups in total. The lowest BCUT2D eigenvalue weighted by Gasteiger charge is -2.06. The third kappa shape index (κ3) is 1.95. The number of hydrogen-bond acceptors (Lipinski definition) is 3. The summed E-state index contributed by atoms with van der Waals surface area (Å²) in [7, 11) is 0. The van der Waals surface area contributed by atoms with Crippen LogP contribution in [0.3, 0.4) is 0 Å². The normalized spacial score (nSPS) is 16.1. The highest BCUT2D eigenvalue weighted by molar-refractivity contribution is 4.98. The molecule has 0 unspecified atom stereocenters. The van der Waals surface area contributed by atoms with Gasteiger partial charge in [0.1, 0.15) is 12.4 Å². The largest absolute Gasteiger partial charge is 0.388 e. The molecule has 2 rings (SSSR count). The lowest BCUT2D eigenvalue weighted by atomic mass is 10.3. The lowest BCUT2D eigenvalue weighted by Crippen LogP contribution is -2.08. The molecule has 1 saturated carbocycles. The summed E-state index contributed by atoms with van der Waals surface area (Å²) in [5.74, 6) is 2.59. The molecule has 0 aromatic carbocycles. The van der Waals surface area contributed by atoms with E-state index in [2.05, 4.69) is 21.7 Å². The molecule has 0 aliphatic heterocycles. The first kappa shape index (κ1) is 9.65. The van der Waals surface area contributed by atoms with Gasteiger partial charge in [0.2, 0.25) is 0 Å². The summed E-state index contributed by atoms with van der Waals surface area (Å²) in [6.07, 6.45) is 4.75. The molecule has 1 aromatic rings. The van der Waals surface area contributed by atoms with E-state index in [-0.39, 0.29) is 6.61 Å². The summed E-state index contributed by atoms with van der Waals surface area (Å²) in [5, 5.41) is 17.2. The van der Waals surface area contributed by atoms with Crippen molar-refractivity contribution >= 4 is 0 Å². The third-order valence-corrected chi connectivity index (χ3v) is 2.66. The molecule has 1 aliphatic carbocycles. The van der Waals surface area contributed by atoms with E-state index < -0.39 is 0 Å². The van der Waals surface area contributed by atoms with Crippen LogP contribution >= 0.6 is 0 Å². The first-order valence-corrected chi connectivity index (χ1v) is 5.37. The third-order valence-electron chi connectivity index (χ3n) is 2.66. The maximum absolute atomic E-state index is 9.08. The summed E-state index contributed by atoms with van der Waals surface area (Å²) < 4.78 is 2.07. The quantitative estimate of drug-likeness (QED) is 0.766. The topological polar surface area (TPSA) is 50.9 Å². The molecular weight excluding hydrogens is 178 g/mol. The maximum Gasteiger partial charge on any atom is 0.158 e. The fourth-order valence-electron chi connectivity index (χ4n) is 1.70. The second kappa shape index (κ2) is 4.09. The van der Waals surface area contributed by atoms with Crippen LogP contribution in [0.15, 0.2) is 0 Å². The Morgan fingerprint density at radius 2 is 2.07 bits per heavy atom. The minimum absolute atomic E-state index is 0.00231. The average Bonchev–Trinajstić information content (AvgIpc) is 2.91. The van der Waals surface area contributed by atoms with Crippen molar-refractivity contribution in [3.63, 3.8) is 0 Å². The number of nitrogens with zero attached hydrogens (tertiary/aromatic N) is 3. The van der Waals surface area contributed by atoms with Crippen molar-refractivity contribution in [3.05, 3.63) is 11.6 Å². The van der Waals surface area contributed by atoms with Crippen LogP contribution in [0.4, 0.5) is 0 Å². The standard InChI is InChI=1S/C10H17N3O/c1-2-5-13-9(6-8-3-4-8)11-12-10(13)7-14/h8,14H,2-7H2,1H3. The Morgan fingerprint density at radius 3 is 2.64 bits per heavy atom. The highest BCUT2D eigenvalue weighted by atomic mass is 16.3. The summed E-state index contributed by atoms with van der Waals surface area (Å²) in [6, 6.07) is 0. The minimum atomic E-state index is -0.00231. The second-order valence-corrected chi connectivity index (χ2v) is 3.99. The van der Waals surface area contributed by atoms with Gasteiger partial charge >= 0.3 is 0 Å². The Labute approximate surface area is 84.0 Å². The van der Waals surface area contributed by atoms with E-state index in [9.17, 15) is 0 Å². The molecule has 4 heteroatoms. The molecule has 0 saturated heterocycles. The van der Waals surface area contributed by atoms with Gasteiger partial charge in [0.05, 0.1) is 0 Å². The zero-order valence-corrected chi connectivity index (χ0v) is 8.61. The predicted molar refractivity (Wildman–Crippen MR) is 52.7 cm³/mol. The Bertz CT molecular complexity index is 304. The van der Waals surface area contributed by atoms with Gasteiger partial charge in [-0.3, -0.25) is 0 Å². The van der Waals surface area contributed by atoms with E-state index in [1.54, 1.807) is 0 Å². The molecule has 0 amide bonds. The Morgan fingerprint density at radius 1 is 1.36 bits per heavy atom. The van der Waals surface area contributed by atoms with Crippen molar-refractivity contribution in [2.45, 2.75) is 45.8 Å². The van der Waals surface area contributed by atoms with Crippen LogP contribution in [0.5, 0.6) is 0 Å². The molecule has 0 spiro atoms. The van der Waals surface area contributed by atoms with Gasteiger partial charge in [-0.05, 0) is 25.2 Å². The lowest BCUT2D eigenvalue weighted by molar-refractivity contribution is 0.264. The van der Waals surface area contributed by atoms with Gasteiger partial charge in [0, 0.05) is 13.0 Å². The zero-order chi connectivity index (χ0) is 9.97. The highest BCUT2D eigenvalue weighted by Gasteiger charge is 2.24. The predicted octanol–water partition coefficient (Wildman–Crippen LogP) is 1.13. The molecule has 1 aliphatic rings. The first-order valence-electron chi connectivity index (χ1n) is 5.37. The molecule has 1 heterocycles. The summed E-state index contributed by atoms with van der Waals surface area (Å²) in [4.78, 5) is 0. The summed E-state index contributed by atoms with van der Waals surface area (Å²) in [5.41, 5.74) is 0. The van der Waals surface area contributed by atoms with Gasteiger partial charge in [0.25, 0.3) is 0 Å². The number of aliphatic hydroxyl groups excluding tert-OH is 1. The van der Waals surface area contributed by atoms with E-state index in [4.69, 9.17) is 5.11 Å². The van der Waals surface area contributed by atoms with Crippen LogP contribution in [-0.4, -0.2) is 19.9 Å².